The van der Waals surface area contributed by atoms with Gasteiger partial charge in [0.25, 0.3) is 0 Å². The van der Waals surface area contributed by atoms with Crippen molar-refractivity contribution in [2.45, 2.75) is 31.6 Å². The zero-order valence-electron chi connectivity index (χ0n) is 13.0. The Morgan fingerprint density at radius 3 is 2.61 bits per heavy atom. The van der Waals surface area contributed by atoms with E-state index < -0.39 is 24.2 Å². The number of urea groups is 1. The van der Waals surface area contributed by atoms with Crippen LogP contribution >= 0.6 is 0 Å². The van der Waals surface area contributed by atoms with Crippen LogP contribution in [0.15, 0.2) is 24.5 Å². The predicted molar refractivity (Wildman–Crippen MR) is 77.7 cm³/mol. The fraction of sp³-hybridized carbons (Fsp3) is 0.600. The monoisotopic (exact) mass is 331 g/mol. The van der Waals surface area contributed by atoms with Crippen molar-refractivity contribution in [3.05, 3.63) is 30.1 Å². The fourth-order valence-corrected chi connectivity index (χ4v) is 2.56. The second kappa shape index (κ2) is 7.16. The van der Waals surface area contributed by atoms with Crippen LogP contribution in [0.4, 0.5) is 18.0 Å². The number of alkyl halides is 3. The van der Waals surface area contributed by atoms with E-state index in [1.54, 1.807) is 31.5 Å². The van der Waals surface area contributed by atoms with Gasteiger partial charge >= 0.3 is 12.2 Å². The van der Waals surface area contributed by atoms with Crippen molar-refractivity contribution in [3.8, 4) is 0 Å². The van der Waals surface area contributed by atoms with Crippen molar-refractivity contribution in [2.75, 3.05) is 20.3 Å². The van der Waals surface area contributed by atoms with E-state index in [-0.39, 0.29) is 25.7 Å². The molecule has 0 aromatic carbocycles. The molecule has 1 N–H and O–H groups in total. The van der Waals surface area contributed by atoms with Crippen molar-refractivity contribution in [1.82, 2.24) is 15.2 Å². The Morgan fingerprint density at radius 1 is 1.43 bits per heavy atom. The Labute approximate surface area is 132 Å². The molecule has 1 aromatic heterocycles. The smallest absolute Gasteiger partial charge is 0.381 e. The minimum Gasteiger partial charge on any atom is -0.381 e. The van der Waals surface area contributed by atoms with Crippen LogP contribution < -0.4 is 5.32 Å². The molecule has 0 spiro atoms. The summed E-state index contributed by atoms with van der Waals surface area (Å²) in [5.74, 6) is -0.747. The lowest BCUT2D eigenvalue weighted by molar-refractivity contribution is -0.165. The first-order valence-electron chi connectivity index (χ1n) is 7.38. The molecule has 23 heavy (non-hydrogen) atoms. The van der Waals surface area contributed by atoms with Gasteiger partial charge in [-0.25, -0.2) is 4.79 Å². The van der Waals surface area contributed by atoms with Crippen molar-refractivity contribution < 1.29 is 22.7 Å². The molecular weight excluding hydrogens is 311 g/mol. The van der Waals surface area contributed by atoms with Gasteiger partial charge in [-0.1, -0.05) is 0 Å². The number of ether oxygens (including phenoxy) is 1. The standard InChI is InChI=1S/C15H20F3N3O2/c1-10(11-3-6-19-7-4-11)21(2)14(22)20-13(15(16,17)18)12-5-8-23-9-12/h3-4,6-7,10,12-13H,5,8-9H2,1-2H3,(H,20,22)/t10-,12?,13?/m0/s1. The van der Waals surface area contributed by atoms with E-state index in [0.717, 1.165) is 5.56 Å². The van der Waals surface area contributed by atoms with Gasteiger partial charge in [-0.15, -0.1) is 0 Å². The summed E-state index contributed by atoms with van der Waals surface area (Å²) in [5.41, 5.74) is 0.797. The summed E-state index contributed by atoms with van der Waals surface area (Å²) in [7, 11) is 1.47. The highest BCUT2D eigenvalue weighted by molar-refractivity contribution is 5.75. The van der Waals surface area contributed by atoms with Crippen LogP contribution in [0.5, 0.6) is 0 Å². The number of carbonyl (C=O) groups is 1. The highest BCUT2D eigenvalue weighted by atomic mass is 19.4. The van der Waals surface area contributed by atoms with Gasteiger partial charge in [-0.05, 0) is 31.0 Å². The minimum atomic E-state index is -4.51. The van der Waals surface area contributed by atoms with Crippen LogP contribution in [-0.4, -0.2) is 48.4 Å². The van der Waals surface area contributed by atoms with E-state index in [0.29, 0.717) is 0 Å². The summed E-state index contributed by atoms with van der Waals surface area (Å²) in [4.78, 5) is 17.4. The van der Waals surface area contributed by atoms with Crippen molar-refractivity contribution in [3.63, 3.8) is 0 Å². The quantitative estimate of drug-likeness (QED) is 0.923. The summed E-state index contributed by atoms with van der Waals surface area (Å²) in [6.45, 7) is 2.04. The van der Waals surface area contributed by atoms with Crippen LogP contribution in [-0.2, 0) is 4.74 Å². The van der Waals surface area contributed by atoms with Gasteiger partial charge in [0.05, 0.1) is 12.6 Å². The molecule has 2 rings (SSSR count). The fourth-order valence-electron chi connectivity index (χ4n) is 2.56. The van der Waals surface area contributed by atoms with Crippen molar-refractivity contribution in [1.29, 1.82) is 0 Å². The molecule has 3 atom stereocenters. The van der Waals surface area contributed by atoms with Crippen LogP contribution in [0, 0.1) is 5.92 Å². The number of nitrogens with zero attached hydrogens (tertiary/aromatic N) is 2. The highest BCUT2D eigenvalue weighted by Gasteiger charge is 2.47. The summed E-state index contributed by atoms with van der Waals surface area (Å²) < 4.78 is 44.7. The van der Waals surface area contributed by atoms with Gasteiger partial charge in [-0.3, -0.25) is 4.98 Å². The molecule has 0 aliphatic carbocycles. The molecule has 0 radical (unpaired) electrons. The van der Waals surface area contributed by atoms with Crippen LogP contribution in [0.3, 0.4) is 0 Å². The molecule has 1 fully saturated rings. The second-order valence-corrected chi connectivity index (χ2v) is 5.66. The van der Waals surface area contributed by atoms with E-state index in [1.165, 1.54) is 11.9 Å². The van der Waals surface area contributed by atoms with Gasteiger partial charge in [-0.2, -0.15) is 13.2 Å². The van der Waals surface area contributed by atoms with Crippen LogP contribution in [0.2, 0.25) is 0 Å². The Kier molecular flexibility index (Phi) is 5.46. The average Bonchev–Trinajstić information content (AvgIpc) is 3.04. The number of amides is 2. The summed E-state index contributed by atoms with van der Waals surface area (Å²) in [6.07, 6.45) is -1.07. The highest BCUT2D eigenvalue weighted by Crippen LogP contribution is 2.30. The van der Waals surface area contributed by atoms with Gasteiger partial charge < -0.3 is 15.0 Å². The number of nitrogens with one attached hydrogen (secondary N) is 1. The molecule has 1 aliphatic heterocycles. The van der Waals surface area contributed by atoms with E-state index in [9.17, 15) is 18.0 Å². The molecule has 0 saturated carbocycles. The molecule has 2 amide bonds. The molecule has 8 heteroatoms. The summed E-state index contributed by atoms with van der Waals surface area (Å²) in [5, 5.41) is 2.12. The predicted octanol–water partition coefficient (Wildman–Crippen LogP) is 2.75. The molecule has 1 aromatic rings. The number of carbonyl (C=O) groups excluding carboxylic acids is 1. The van der Waals surface area contributed by atoms with E-state index in [1.807, 2.05) is 0 Å². The number of pyridine rings is 1. The molecule has 0 bridgehead atoms. The Balaban J connectivity index is 2.05. The maximum Gasteiger partial charge on any atom is 0.409 e. The normalized spacial score (nSPS) is 20.8. The lowest BCUT2D eigenvalue weighted by atomic mass is 9.98. The third kappa shape index (κ3) is 4.34. The van der Waals surface area contributed by atoms with E-state index >= 15 is 0 Å². The van der Waals surface area contributed by atoms with Gasteiger partial charge in [0.15, 0.2) is 0 Å². The average molecular weight is 331 g/mol. The molecule has 1 aliphatic rings. The number of aromatic nitrogens is 1. The molecular formula is C15H20F3N3O2. The zero-order valence-corrected chi connectivity index (χ0v) is 13.0. The van der Waals surface area contributed by atoms with Gasteiger partial charge in [0.1, 0.15) is 6.04 Å². The molecule has 2 heterocycles. The third-order valence-electron chi connectivity index (χ3n) is 4.16. The third-order valence-corrected chi connectivity index (χ3v) is 4.16. The Bertz CT molecular complexity index is 518. The second-order valence-electron chi connectivity index (χ2n) is 5.66. The first-order valence-corrected chi connectivity index (χ1v) is 7.38. The Morgan fingerprint density at radius 2 is 2.09 bits per heavy atom. The SMILES string of the molecule is C[C@@H](c1ccncc1)N(C)C(=O)NC(C1CCOC1)C(F)(F)F. The summed E-state index contributed by atoms with van der Waals surface area (Å²) >= 11 is 0. The van der Waals surface area contributed by atoms with Gasteiger partial charge in [0, 0.05) is 32.0 Å². The first kappa shape index (κ1) is 17.5. The number of hydrogen-bond donors (Lipinski definition) is 1. The number of rotatable bonds is 4. The lowest BCUT2D eigenvalue weighted by Crippen LogP contribution is -2.53. The first-order chi connectivity index (χ1) is 10.8. The van der Waals surface area contributed by atoms with Crippen molar-refractivity contribution in [2.24, 2.45) is 5.92 Å². The largest absolute Gasteiger partial charge is 0.409 e. The number of halogens is 3. The van der Waals surface area contributed by atoms with Crippen LogP contribution in [0.25, 0.3) is 0 Å². The topological polar surface area (TPSA) is 54.5 Å². The van der Waals surface area contributed by atoms with Gasteiger partial charge in [0.2, 0.25) is 0 Å². The summed E-state index contributed by atoms with van der Waals surface area (Å²) in [6, 6.07) is 0.418. The molecule has 2 unspecified atom stereocenters. The lowest BCUT2D eigenvalue weighted by Gasteiger charge is -2.31. The van der Waals surface area contributed by atoms with E-state index in [2.05, 4.69) is 10.3 Å². The molecule has 128 valence electrons. The maximum absolute atomic E-state index is 13.2. The molecule has 5 nitrogen and oxygen atoms in total. The minimum absolute atomic E-state index is 0.00802. The number of hydrogen-bond acceptors (Lipinski definition) is 3. The zero-order chi connectivity index (χ0) is 17.0. The Hall–Kier alpha value is -1.83. The van der Waals surface area contributed by atoms with Crippen LogP contribution in [0.1, 0.15) is 24.9 Å². The molecule has 1 saturated heterocycles. The van der Waals surface area contributed by atoms with Crippen molar-refractivity contribution >= 4 is 6.03 Å². The maximum atomic E-state index is 13.2. The van der Waals surface area contributed by atoms with E-state index in [4.69, 9.17) is 4.74 Å².